The molecule has 4 nitrogen and oxygen atoms in total. The maximum absolute atomic E-state index is 12.3. The van der Waals surface area contributed by atoms with Gasteiger partial charge in [-0.15, -0.1) is 0 Å². The van der Waals surface area contributed by atoms with Gasteiger partial charge in [-0.1, -0.05) is 42.5 Å². The van der Waals surface area contributed by atoms with Gasteiger partial charge in [0.15, 0.2) is 0 Å². The molecule has 0 radical (unpaired) electrons. The number of carbonyl (C=O) groups excluding carboxylic acids is 1. The van der Waals surface area contributed by atoms with Gasteiger partial charge in [0.2, 0.25) is 0 Å². The van der Waals surface area contributed by atoms with E-state index in [9.17, 15) is 4.79 Å². The van der Waals surface area contributed by atoms with Crippen LogP contribution in [0.2, 0.25) is 0 Å². The van der Waals surface area contributed by atoms with Crippen LogP contribution >= 0.6 is 0 Å². The predicted octanol–water partition coefficient (Wildman–Crippen LogP) is 3.55. The van der Waals surface area contributed by atoms with E-state index in [1.54, 1.807) is 24.4 Å². The van der Waals surface area contributed by atoms with Crippen molar-refractivity contribution in [3.05, 3.63) is 89.7 Å². The third-order valence-electron chi connectivity index (χ3n) is 3.64. The molecule has 1 aromatic heterocycles. The minimum absolute atomic E-state index is 0.225. The summed E-state index contributed by atoms with van der Waals surface area (Å²) in [4.78, 5) is 16.4. The van der Waals surface area contributed by atoms with Gasteiger partial charge in [-0.05, 0) is 41.0 Å². The average Bonchev–Trinajstić information content (AvgIpc) is 2.67. The quantitative estimate of drug-likeness (QED) is 0.801. The topological polar surface area (TPSA) is 65.8 Å². The minimum atomic E-state index is -0.225. The van der Waals surface area contributed by atoms with Gasteiger partial charge in [0, 0.05) is 12.7 Å². The lowest BCUT2D eigenvalue weighted by atomic mass is 10.1. The van der Waals surface area contributed by atoms with Crippen LogP contribution in [0.15, 0.2) is 72.9 Å². The molecular formula is C20H15N3O. The highest BCUT2D eigenvalue weighted by atomic mass is 16.1. The molecule has 0 aliphatic heterocycles. The summed E-state index contributed by atoms with van der Waals surface area (Å²) in [6.45, 7) is 0.391. The number of amides is 1. The van der Waals surface area contributed by atoms with E-state index in [2.05, 4.69) is 16.4 Å². The first-order valence-corrected chi connectivity index (χ1v) is 7.55. The first kappa shape index (κ1) is 15.4. The molecule has 0 unspecified atom stereocenters. The Kier molecular flexibility index (Phi) is 4.64. The Morgan fingerprint density at radius 2 is 1.75 bits per heavy atom. The standard InChI is InChI=1S/C20H15N3O/c21-13-15-6-8-16(9-7-15)14-23-20(24)19-12-18(10-11-22-19)17-4-2-1-3-5-17/h1-12H,14H2,(H,23,24). The molecule has 2 aromatic carbocycles. The fraction of sp³-hybridized carbons (Fsp3) is 0.0500. The number of nitriles is 1. The van der Waals surface area contributed by atoms with Crippen LogP contribution in [0.25, 0.3) is 11.1 Å². The third kappa shape index (κ3) is 3.65. The summed E-state index contributed by atoms with van der Waals surface area (Å²) in [5, 5.41) is 11.6. The number of carbonyl (C=O) groups is 1. The molecule has 0 spiro atoms. The Morgan fingerprint density at radius 1 is 1.00 bits per heavy atom. The predicted molar refractivity (Wildman–Crippen MR) is 92.0 cm³/mol. The first-order valence-electron chi connectivity index (χ1n) is 7.55. The largest absolute Gasteiger partial charge is 0.347 e. The second-order valence-corrected chi connectivity index (χ2v) is 5.29. The van der Waals surface area contributed by atoms with E-state index in [4.69, 9.17) is 5.26 Å². The molecule has 1 amide bonds. The van der Waals surface area contributed by atoms with Crippen LogP contribution in [-0.4, -0.2) is 10.9 Å². The average molecular weight is 313 g/mol. The van der Waals surface area contributed by atoms with Crippen molar-refractivity contribution in [2.24, 2.45) is 0 Å². The Bertz CT molecular complexity index is 881. The maximum atomic E-state index is 12.3. The van der Waals surface area contributed by atoms with Gasteiger partial charge in [-0.3, -0.25) is 9.78 Å². The molecule has 3 aromatic rings. The molecule has 24 heavy (non-hydrogen) atoms. The summed E-state index contributed by atoms with van der Waals surface area (Å²) in [7, 11) is 0. The Labute approximate surface area is 140 Å². The van der Waals surface area contributed by atoms with Gasteiger partial charge < -0.3 is 5.32 Å². The minimum Gasteiger partial charge on any atom is -0.347 e. The number of nitrogens with one attached hydrogen (secondary N) is 1. The number of aromatic nitrogens is 1. The van der Waals surface area contributed by atoms with E-state index in [1.165, 1.54) is 0 Å². The summed E-state index contributed by atoms with van der Waals surface area (Å²) in [5.74, 6) is -0.225. The monoisotopic (exact) mass is 313 g/mol. The number of pyridine rings is 1. The first-order chi connectivity index (χ1) is 11.8. The molecule has 116 valence electrons. The van der Waals surface area contributed by atoms with Crippen molar-refractivity contribution >= 4 is 5.91 Å². The van der Waals surface area contributed by atoms with Crippen molar-refractivity contribution in [3.63, 3.8) is 0 Å². The molecule has 0 saturated carbocycles. The SMILES string of the molecule is N#Cc1ccc(CNC(=O)c2cc(-c3ccccc3)ccn2)cc1. The van der Waals surface area contributed by atoms with Crippen LogP contribution in [0.4, 0.5) is 0 Å². The van der Waals surface area contributed by atoms with Crippen LogP contribution in [0, 0.1) is 11.3 Å². The molecule has 3 rings (SSSR count). The highest BCUT2D eigenvalue weighted by Crippen LogP contribution is 2.18. The lowest BCUT2D eigenvalue weighted by Gasteiger charge is -2.07. The normalized spacial score (nSPS) is 9.96. The Balaban J connectivity index is 1.70. The second-order valence-electron chi connectivity index (χ2n) is 5.29. The van der Waals surface area contributed by atoms with Crippen LogP contribution in [0.5, 0.6) is 0 Å². The summed E-state index contributed by atoms with van der Waals surface area (Å²) in [6.07, 6.45) is 1.64. The Morgan fingerprint density at radius 3 is 2.46 bits per heavy atom. The lowest BCUT2D eigenvalue weighted by Crippen LogP contribution is -2.23. The number of hydrogen-bond donors (Lipinski definition) is 1. The van der Waals surface area contributed by atoms with Crippen molar-refractivity contribution in [2.75, 3.05) is 0 Å². The number of rotatable bonds is 4. The van der Waals surface area contributed by atoms with Crippen LogP contribution < -0.4 is 5.32 Å². The highest BCUT2D eigenvalue weighted by molar-refractivity contribution is 5.93. The fourth-order valence-corrected chi connectivity index (χ4v) is 2.33. The van der Waals surface area contributed by atoms with Crippen molar-refractivity contribution in [2.45, 2.75) is 6.54 Å². The molecule has 0 aliphatic carbocycles. The third-order valence-corrected chi connectivity index (χ3v) is 3.64. The van der Waals surface area contributed by atoms with Crippen molar-refractivity contribution < 1.29 is 4.79 Å². The van der Waals surface area contributed by atoms with E-state index in [-0.39, 0.29) is 5.91 Å². The lowest BCUT2D eigenvalue weighted by molar-refractivity contribution is 0.0946. The highest BCUT2D eigenvalue weighted by Gasteiger charge is 2.08. The molecule has 0 aliphatic rings. The van der Waals surface area contributed by atoms with E-state index >= 15 is 0 Å². The fourth-order valence-electron chi connectivity index (χ4n) is 2.33. The Hall–Kier alpha value is -3.45. The summed E-state index contributed by atoms with van der Waals surface area (Å²) in [5.41, 5.74) is 3.91. The molecule has 0 fully saturated rings. The molecule has 1 N–H and O–H groups in total. The summed E-state index contributed by atoms with van der Waals surface area (Å²) < 4.78 is 0. The summed E-state index contributed by atoms with van der Waals surface area (Å²) >= 11 is 0. The molecule has 0 bridgehead atoms. The summed E-state index contributed by atoms with van der Waals surface area (Å²) in [6, 6.07) is 22.7. The van der Waals surface area contributed by atoms with E-state index in [1.807, 2.05) is 48.5 Å². The van der Waals surface area contributed by atoms with Crippen molar-refractivity contribution in [3.8, 4) is 17.2 Å². The zero-order valence-electron chi connectivity index (χ0n) is 12.9. The van der Waals surface area contributed by atoms with Gasteiger partial charge >= 0.3 is 0 Å². The molecule has 4 heteroatoms. The number of benzene rings is 2. The van der Waals surface area contributed by atoms with Crippen molar-refractivity contribution in [1.82, 2.24) is 10.3 Å². The molecular weight excluding hydrogens is 298 g/mol. The molecule has 0 atom stereocenters. The van der Waals surface area contributed by atoms with Gasteiger partial charge in [-0.25, -0.2) is 0 Å². The van der Waals surface area contributed by atoms with Crippen LogP contribution in [0.1, 0.15) is 21.6 Å². The number of nitrogens with zero attached hydrogens (tertiary/aromatic N) is 2. The zero-order valence-corrected chi connectivity index (χ0v) is 12.9. The molecule has 0 saturated heterocycles. The van der Waals surface area contributed by atoms with E-state index in [0.29, 0.717) is 17.8 Å². The van der Waals surface area contributed by atoms with Gasteiger partial charge in [0.1, 0.15) is 5.69 Å². The second kappa shape index (κ2) is 7.21. The van der Waals surface area contributed by atoms with E-state index in [0.717, 1.165) is 16.7 Å². The van der Waals surface area contributed by atoms with E-state index < -0.39 is 0 Å². The maximum Gasteiger partial charge on any atom is 0.270 e. The van der Waals surface area contributed by atoms with Crippen LogP contribution in [-0.2, 0) is 6.54 Å². The smallest absolute Gasteiger partial charge is 0.270 e. The zero-order chi connectivity index (χ0) is 16.8. The number of hydrogen-bond acceptors (Lipinski definition) is 3. The van der Waals surface area contributed by atoms with Crippen molar-refractivity contribution in [1.29, 1.82) is 5.26 Å². The van der Waals surface area contributed by atoms with Gasteiger partial charge in [-0.2, -0.15) is 5.26 Å². The molecule has 1 heterocycles. The van der Waals surface area contributed by atoms with Gasteiger partial charge in [0.05, 0.1) is 11.6 Å². The van der Waals surface area contributed by atoms with Crippen LogP contribution in [0.3, 0.4) is 0 Å². The van der Waals surface area contributed by atoms with Gasteiger partial charge in [0.25, 0.3) is 5.91 Å².